The molecule has 0 aliphatic rings. The van der Waals surface area contributed by atoms with E-state index in [4.69, 9.17) is 15.9 Å². The summed E-state index contributed by atoms with van der Waals surface area (Å²) in [5, 5.41) is 0.800. The number of rotatable bonds is 5. The predicted octanol–water partition coefficient (Wildman–Crippen LogP) is 2.99. The van der Waals surface area contributed by atoms with Gasteiger partial charge in [0.15, 0.2) is 11.5 Å². The molecule has 0 spiro atoms. The van der Waals surface area contributed by atoms with Crippen molar-refractivity contribution in [1.29, 1.82) is 0 Å². The molecule has 80 valence electrons. The Hall–Kier alpha value is -1.14. The lowest BCUT2D eigenvalue weighted by Crippen LogP contribution is -1.98. The van der Waals surface area contributed by atoms with Gasteiger partial charge in [0.2, 0.25) is 0 Å². The smallest absolute Gasteiger partial charge is 0.161 e. The van der Waals surface area contributed by atoms with Crippen LogP contribution in [0.2, 0.25) is 0 Å². The standard InChI is InChI=1S/C12H13BrO2/c1-3-4-7-15-11-6-5-10(9-13)8-12(11)14-2/h1,5-6,8H,4,7,9H2,2H3. The van der Waals surface area contributed by atoms with Gasteiger partial charge in [-0.15, -0.1) is 12.3 Å². The summed E-state index contributed by atoms with van der Waals surface area (Å²) in [6.45, 7) is 0.514. The zero-order valence-corrected chi connectivity index (χ0v) is 10.2. The van der Waals surface area contributed by atoms with E-state index in [0.717, 1.165) is 22.4 Å². The van der Waals surface area contributed by atoms with Gasteiger partial charge in [-0.25, -0.2) is 0 Å². The lowest BCUT2D eigenvalue weighted by atomic mass is 10.2. The van der Waals surface area contributed by atoms with E-state index >= 15 is 0 Å². The van der Waals surface area contributed by atoms with Crippen molar-refractivity contribution in [3.63, 3.8) is 0 Å². The molecule has 0 fully saturated rings. The van der Waals surface area contributed by atoms with Crippen LogP contribution >= 0.6 is 15.9 Å². The van der Waals surface area contributed by atoms with E-state index in [2.05, 4.69) is 21.9 Å². The monoisotopic (exact) mass is 268 g/mol. The van der Waals surface area contributed by atoms with Crippen LogP contribution in [0.4, 0.5) is 0 Å². The summed E-state index contributed by atoms with van der Waals surface area (Å²) in [6, 6.07) is 5.83. The van der Waals surface area contributed by atoms with Crippen LogP contribution in [0.15, 0.2) is 18.2 Å². The SMILES string of the molecule is C#CCCOc1ccc(CBr)cc1OC. The largest absolute Gasteiger partial charge is 0.493 e. The van der Waals surface area contributed by atoms with Crippen LogP contribution in [0, 0.1) is 12.3 Å². The average Bonchev–Trinajstić information content (AvgIpc) is 2.29. The van der Waals surface area contributed by atoms with Crippen molar-refractivity contribution < 1.29 is 9.47 Å². The van der Waals surface area contributed by atoms with E-state index in [1.54, 1.807) is 7.11 Å². The summed E-state index contributed by atoms with van der Waals surface area (Å²) in [5.41, 5.74) is 1.15. The van der Waals surface area contributed by atoms with Crippen LogP contribution in [-0.4, -0.2) is 13.7 Å². The first kappa shape index (κ1) is 11.9. The second kappa shape index (κ2) is 6.36. The summed E-state index contributed by atoms with van der Waals surface area (Å²) in [4.78, 5) is 0. The average molecular weight is 269 g/mol. The van der Waals surface area contributed by atoms with E-state index in [-0.39, 0.29) is 0 Å². The molecule has 0 aromatic heterocycles. The fourth-order valence-corrected chi connectivity index (χ4v) is 1.48. The maximum atomic E-state index is 5.49. The second-order valence-corrected chi connectivity index (χ2v) is 3.48. The zero-order valence-electron chi connectivity index (χ0n) is 8.63. The molecule has 1 aromatic rings. The molecule has 15 heavy (non-hydrogen) atoms. The van der Waals surface area contributed by atoms with Crippen LogP contribution in [-0.2, 0) is 5.33 Å². The van der Waals surface area contributed by atoms with Gasteiger partial charge < -0.3 is 9.47 Å². The molecule has 0 amide bonds. The first-order valence-electron chi connectivity index (χ1n) is 4.61. The fraction of sp³-hybridized carbons (Fsp3) is 0.333. The topological polar surface area (TPSA) is 18.5 Å². The van der Waals surface area contributed by atoms with Gasteiger partial charge >= 0.3 is 0 Å². The number of benzene rings is 1. The van der Waals surface area contributed by atoms with Crippen LogP contribution in [0.1, 0.15) is 12.0 Å². The molecule has 1 rings (SSSR count). The molecule has 0 unspecified atom stereocenters. The first-order chi connectivity index (χ1) is 7.31. The molecule has 1 aromatic carbocycles. The van der Waals surface area contributed by atoms with Gasteiger partial charge in [-0.05, 0) is 17.7 Å². The molecule has 2 nitrogen and oxygen atoms in total. The Balaban J connectivity index is 2.74. The third kappa shape index (κ3) is 3.49. The molecular formula is C12H13BrO2. The maximum Gasteiger partial charge on any atom is 0.161 e. The van der Waals surface area contributed by atoms with Crippen molar-refractivity contribution in [3.8, 4) is 23.8 Å². The van der Waals surface area contributed by atoms with Gasteiger partial charge in [0.25, 0.3) is 0 Å². The highest BCUT2D eigenvalue weighted by molar-refractivity contribution is 9.08. The van der Waals surface area contributed by atoms with Crippen LogP contribution in [0.5, 0.6) is 11.5 Å². The summed E-state index contributed by atoms with van der Waals surface area (Å²) in [7, 11) is 1.63. The Morgan fingerprint density at radius 2 is 2.20 bits per heavy atom. The Bertz CT molecular complexity index is 355. The van der Waals surface area contributed by atoms with Crippen LogP contribution < -0.4 is 9.47 Å². The highest BCUT2D eigenvalue weighted by atomic mass is 79.9. The van der Waals surface area contributed by atoms with Gasteiger partial charge in [0.05, 0.1) is 13.7 Å². The lowest BCUT2D eigenvalue weighted by molar-refractivity contribution is 0.301. The summed E-state index contributed by atoms with van der Waals surface area (Å²) >= 11 is 3.39. The summed E-state index contributed by atoms with van der Waals surface area (Å²) < 4.78 is 10.7. The maximum absolute atomic E-state index is 5.49. The van der Waals surface area contributed by atoms with E-state index in [9.17, 15) is 0 Å². The van der Waals surface area contributed by atoms with E-state index in [1.165, 1.54) is 0 Å². The van der Waals surface area contributed by atoms with E-state index < -0.39 is 0 Å². The van der Waals surface area contributed by atoms with Crippen molar-refractivity contribution in [2.24, 2.45) is 0 Å². The Morgan fingerprint density at radius 1 is 1.40 bits per heavy atom. The molecule has 0 heterocycles. The van der Waals surface area contributed by atoms with E-state index in [1.807, 2.05) is 18.2 Å². The molecule has 0 saturated heterocycles. The number of methoxy groups -OCH3 is 1. The highest BCUT2D eigenvalue weighted by Gasteiger charge is 2.04. The Kier molecular flexibility index (Phi) is 5.06. The second-order valence-electron chi connectivity index (χ2n) is 2.92. The number of halogens is 1. The molecule has 0 aliphatic carbocycles. The van der Waals surface area contributed by atoms with Crippen molar-refractivity contribution in [3.05, 3.63) is 23.8 Å². The van der Waals surface area contributed by atoms with Gasteiger partial charge in [0.1, 0.15) is 0 Å². The molecule has 0 radical (unpaired) electrons. The predicted molar refractivity (Wildman–Crippen MR) is 64.6 cm³/mol. The molecule has 0 saturated carbocycles. The lowest BCUT2D eigenvalue weighted by Gasteiger charge is -2.10. The van der Waals surface area contributed by atoms with Crippen molar-refractivity contribution in [1.82, 2.24) is 0 Å². The third-order valence-corrected chi connectivity index (χ3v) is 2.53. The minimum Gasteiger partial charge on any atom is -0.493 e. The van der Waals surface area contributed by atoms with Crippen molar-refractivity contribution in [2.45, 2.75) is 11.8 Å². The highest BCUT2D eigenvalue weighted by Crippen LogP contribution is 2.28. The number of hydrogen-bond acceptors (Lipinski definition) is 2. The number of hydrogen-bond donors (Lipinski definition) is 0. The Morgan fingerprint density at radius 3 is 2.80 bits per heavy atom. The van der Waals surface area contributed by atoms with Gasteiger partial charge in [0, 0.05) is 11.8 Å². The summed E-state index contributed by atoms with van der Waals surface area (Å²) in [6.07, 6.45) is 5.74. The third-order valence-electron chi connectivity index (χ3n) is 1.89. The molecule has 0 bridgehead atoms. The van der Waals surface area contributed by atoms with Crippen LogP contribution in [0.25, 0.3) is 0 Å². The first-order valence-corrected chi connectivity index (χ1v) is 5.73. The zero-order chi connectivity index (χ0) is 11.1. The minimum atomic E-state index is 0.514. The van der Waals surface area contributed by atoms with Crippen molar-refractivity contribution >= 4 is 15.9 Å². The van der Waals surface area contributed by atoms with Gasteiger partial charge in [-0.3, -0.25) is 0 Å². The van der Waals surface area contributed by atoms with Gasteiger partial charge in [-0.1, -0.05) is 22.0 Å². The van der Waals surface area contributed by atoms with Crippen molar-refractivity contribution in [2.75, 3.05) is 13.7 Å². The fourth-order valence-electron chi connectivity index (χ4n) is 1.13. The Labute approximate surface area is 98.7 Å². The molecule has 0 N–H and O–H groups in total. The number of ether oxygens (including phenoxy) is 2. The molecule has 3 heteroatoms. The number of alkyl halides is 1. The summed E-state index contributed by atoms with van der Waals surface area (Å²) in [5.74, 6) is 4.00. The molecule has 0 aliphatic heterocycles. The quantitative estimate of drug-likeness (QED) is 0.465. The minimum absolute atomic E-state index is 0.514. The normalized spacial score (nSPS) is 9.40. The van der Waals surface area contributed by atoms with Crippen LogP contribution in [0.3, 0.4) is 0 Å². The molecular weight excluding hydrogens is 256 g/mol. The van der Waals surface area contributed by atoms with Gasteiger partial charge in [-0.2, -0.15) is 0 Å². The number of terminal acetylenes is 1. The molecule has 0 atom stereocenters. The van der Waals surface area contributed by atoms with E-state index in [0.29, 0.717) is 13.0 Å².